The van der Waals surface area contributed by atoms with Gasteiger partial charge >= 0.3 is 11.9 Å². The third-order valence-electron chi connectivity index (χ3n) is 7.50. The molecule has 244 valence electrons. The van der Waals surface area contributed by atoms with Crippen molar-refractivity contribution in [2.45, 2.75) is 174 Å². The third-order valence-corrected chi connectivity index (χ3v) is 7.50. The summed E-state index contributed by atoms with van der Waals surface area (Å²) in [5.74, 6) is -1.36. The third kappa shape index (κ3) is 26.7. The second-order valence-electron chi connectivity index (χ2n) is 11.6. The summed E-state index contributed by atoms with van der Waals surface area (Å²) in [6.45, 7) is 4.86. The summed E-state index contributed by atoms with van der Waals surface area (Å²) in [4.78, 5) is 36.0. The average Bonchev–Trinajstić information content (AvgIpc) is 2.97. The van der Waals surface area contributed by atoms with E-state index in [1.54, 1.807) is 0 Å². The highest BCUT2D eigenvalue weighted by molar-refractivity contribution is 5.83. The van der Waals surface area contributed by atoms with E-state index in [0.717, 1.165) is 51.4 Å². The van der Waals surface area contributed by atoms with E-state index in [0.29, 0.717) is 38.6 Å². The topological polar surface area (TPSA) is 119 Å². The van der Waals surface area contributed by atoms with Crippen LogP contribution in [-0.4, -0.2) is 41.6 Å². The summed E-state index contributed by atoms with van der Waals surface area (Å²) in [5.41, 5.74) is 5.46. The molecule has 0 radical (unpaired) electrons. The van der Waals surface area contributed by atoms with Gasteiger partial charge in [-0.3, -0.25) is 9.59 Å². The fraction of sp³-hybridized carbons (Fsp3) is 0.800. The molecule has 0 aliphatic rings. The lowest BCUT2D eigenvalue weighted by atomic mass is 10.1. The minimum absolute atomic E-state index is 0.110. The summed E-state index contributed by atoms with van der Waals surface area (Å²) < 4.78 is 5.85. The molecule has 0 saturated carbocycles. The van der Waals surface area contributed by atoms with E-state index in [2.05, 4.69) is 37.4 Å². The lowest BCUT2D eigenvalue weighted by Gasteiger charge is -2.15. The standard InChI is InChI=1S/C35H64N2O5/c1-3-5-7-9-11-13-14-16-20-25-31(42-34(39)29-23-17-15-12-10-8-6-4-2)26-21-18-19-22-28-33(38)37-32(35(40)41)27-24-30-36/h13-14,20,25,31-32H,3-12,15-19,21-24,26-30,36H2,1-2H3,(H,37,38)(H,40,41)/b14-13-,25-20-. The predicted molar refractivity (Wildman–Crippen MR) is 174 cm³/mol. The normalized spacial score (nSPS) is 13.0. The van der Waals surface area contributed by atoms with Gasteiger partial charge in [0.25, 0.3) is 0 Å². The molecule has 42 heavy (non-hydrogen) atoms. The number of amides is 1. The molecule has 1 amide bonds. The maximum atomic E-state index is 12.5. The molecule has 0 aromatic carbocycles. The van der Waals surface area contributed by atoms with Gasteiger partial charge in [-0.1, -0.05) is 109 Å². The second-order valence-corrected chi connectivity index (χ2v) is 11.6. The fourth-order valence-corrected chi connectivity index (χ4v) is 4.87. The van der Waals surface area contributed by atoms with E-state index in [1.807, 2.05) is 6.08 Å². The molecular weight excluding hydrogens is 528 g/mol. The monoisotopic (exact) mass is 592 g/mol. The largest absolute Gasteiger partial charge is 0.480 e. The number of nitrogens with two attached hydrogens (primary N) is 1. The summed E-state index contributed by atoms with van der Waals surface area (Å²) in [7, 11) is 0. The molecule has 0 rings (SSSR count). The molecule has 4 N–H and O–H groups in total. The number of carboxylic acids is 1. The van der Waals surface area contributed by atoms with Gasteiger partial charge in [-0.05, 0) is 70.4 Å². The minimum atomic E-state index is -1.02. The number of carboxylic acid groups (broad SMARTS) is 1. The first kappa shape index (κ1) is 39.8. The first-order chi connectivity index (χ1) is 20.4. The van der Waals surface area contributed by atoms with Gasteiger partial charge in [-0.2, -0.15) is 0 Å². The van der Waals surface area contributed by atoms with Crippen molar-refractivity contribution >= 4 is 17.8 Å². The van der Waals surface area contributed by atoms with Gasteiger partial charge in [0, 0.05) is 12.8 Å². The van der Waals surface area contributed by atoms with Crippen LogP contribution < -0.4 is 11.1 Å². The Labute approximate surface area is 257 Å². The summed E-state index contributed by atoms with van der Waals surface area (Å²) in [6, 6.07) is -0.870. The summed E-state index contributed by atoms with van der Waals surface area (Å²) >= 11 is 0. The van der Waals surface area contributed by atoms with Gasteiger partial charge < -0.3 is 20.9 Å². The Morgan fingerprint density at radius 1 is 0.714 bits per heavy atom. The van der Waals surface area contributed by atoms with Crippen LogP contribution >= 0.6 is 0 Å². The Bertz CT molecular complexity index is 722. The van der Waals surface area contributed by atoms with Crippen molar-refractivity contribution in [3.05, 3.63) is 24.3 Å². The van der Waals surface area contributed by atoms with Gasteiger partial charge in [0.1, 0.15) is 12.1 Å². The van der Waals surface area contributed by atoms with Crippen LogP contribution in [0.1, 0.15) is 162 Å². The zero-order valence-electron chi connectivity index (χ0n) is 27.1. The molecular formula is C35H64N2O5. The molecule has 2 unspecified atom stereocenters. The second kappa shape index (κ2) is 30.3. The van der Waals surface area contributed by atoms with E-state index >= 15 is 0 Å². The van der Waals surface area contributed by atoms with Crippen LogP contribution in [0.5, 0.6) is 0 Å². The van der Waals surface area contributed by atoms with Crippen LogP contribution in [0.15, 0.2) is 24.3 Å². The number of carbonyl (C=O) groups excluding carboxylic acids is 2. The van der Waals surface area contributed by atoms with Crippen LogP contribution in [0.25, 0.3) is 0 Å². The molecule has 0 spiro atoms. The molecule has 0 fully saturated rings. The predicted octanol–water partition coefficient (Wildman–Crippen LogP) is 8.55. The molecule has 2 atom stereocenters. The molecule has 0 heterocycles. The van der Waals surface area contributed by atoms with Crippen LogP contribution in [-0.2, 0) is 19.1 Å². The summed E-state index contributed by atoms with van der Waals surface area (Å²) in [6.07, 6.45) is 30.9. The molecule has 7 heteroatoms. The highest BCUT2D eigenvalue weighted by atomic mass is 16.5. The lowest BCUT2D eigenvalue weighted by molar-refractivity contribution is -0.147. The molecule has 0 aliphatic carbocycles. The number of unbranched alkanes of at least 4 members (excludes halogenated alkanes) is 14. The lowest BCUT2D eigenvalue weighted by Crippen LogP contribution is -2.40. The van der Waals surface area contributed by atoms with Crippen LogP contribution in [0.3, 0.4) is 0 Å². The van der Waals surface area contributed by atoms with Crippen molar-refractivity contribution < 1.29 is 24.2 Å². The average molecular weight is 593 g/mol. The highest BCUT2D eigenvalue weighted by Crippen LogP contribution is 2.15. The van der Waals surface area contributed by atoms with Gasteiger partial charge in [0.15, 0.2) is 0 Å². The number of carbonyl (C=O) groups is 3. The Morgan fingerprint density at radius 2 is 1.31 bits per heavy atom. The summed E-state index contributed by atoms with van der Waals surface area (Å²) in [5, 5.41) is 11.9. The molecule has 0 aromatic heterocycles. The maximum Gasteiger partial charge on any atom is 0.326 e. The van der Waals surface area contributed by atoms with Crippen molar-refractivity contribution in [1.29, 1.82) is 0 Å². The fourth-order valence-electron chi connectivity index (χ4n) is 4.87. The van der Waals surface area contributed by atoms with Crippen molar-refractivity contribution in [3.63, 3.8) is 0 Å². The quantitative estimate of drug-likeness (QED) is 0.0437. The first-order valence-corrected chi connectivity index (χ1v) is 17.2. The first-order valence-electron chi connectivity index (χ1n) is 17.2. The number of nitrogens with one attached hydrogen (secondary N) is 1. The van der Waals surface area contributed by atoms with Crippen molar-refractivity contribution in [2.24, 2.45) is 5.73 Å². The number of hydrogen-bond acceptors (Lipinski definition) is 5. The van der Waals surface area contributed by atoms with E-state index < -0.39 is 12.0 Å². The Balaban J connectivity index is 4.45. The molecule has 0 aromatic rings. The number of ether oxygens (including phenoxy) is 1. The number of rotatable bonds is 30. The Morgan fingerprint density at radius 3 is 1.95 bits per heavy atom. The Hall–Kier alpha value is -2.15. The van der Waals surface area contributed by atoms with Crippen molar-refractivity contribution in [1.82, 2.24) is 5.32 Å². The molecule has 0 bridgehead atoms. The van der Waals surface area contributed by atoms with E-state index in [-0.39, 0.29) is 18.0 Å². The van der Waals surface area contributed by atoms with E-state index in [4.69, 9.17) is 10.5 Å². The highest BCUT2D eigenvalue weighted by Gasteiger charge is 2.18. The number of allylic oxidation sites excluding steroid dienone is 3. The molecule has 7 nitrogen and oxygen atoms in total. The van der Waals surface area contributed by atoms with Crippen LogP contribution in [0.2, 0.25) is 0 Å². The van der Waals surface area contributed by atoms with Gasteiger partial charge in [0.05, 0.1) is 0 Å². The van der Waals surface area contributed by atoms with E-state index in [9.17, 15) is 19.5 Å². The van der Waals surface area contributed by atoms with Gasteiger partial charge in [-0.25, -0.2) is 4.79 Å². The smallest absolute Gasteiger partial charge is 0.326 e. The van der Waals surface area contributed by atoms with Crippen molar-refractivity contribution in [3.8, 4) is 0 Å². The maximum absolute atomic E-state index is 12.5. The molecule has 0 saturated heterocycles. The van der Waals surface area contributed by atoms with Crippen molar-refractivity contribution in [2.75, 3.05) is 6.54 Å². The zero-order valence-corrected chi connectivity index (χ0v) is 27.1. The van der Waals surface area contributed by atoms with E-state index in [1.165, 1.54) is 64.2 Å². The van der Waals surface area contributed by atoms with Gasteiger partial charge in [-0.15, -0.1) is 0 Å². The minimum Gasteiger partial charge on any atom is -0.480 e. The van der Waals surface area contributed by atoms with Crippen LogP contribution in [0.4, 0.5) is 0 Å². The SMILES string of the molecule is CCCCCC/C=C\C/C=C\C(CCCCCCC(=O)NC(CCCN)C(=O)O)OC(=O)CCCCCCCCCC. The zero-order chi connectivity index (χ0) is 31.1. The number of hydrogen-bond donors (Lipinski definition) is 3. The van der Waals surface area contributed by atoms with Gasteiger partial charge in [0.2, 0.25) is 5.91 Å². The molecule has 0 aliphatic heterocycles. The number of esters is 1. The number of aliphatic carboxylic acids is 1. The Kier molecular flexibility index (Phi) is 28.8. The van der Waals surface area contributed by atoms with Crippen LogP contribution in [0, 0.1) is 0 Å².